The molecule has 104 valence electrons. The largest absolute Gasteiger partial charge is 0.398 e. The van der Waals surface area contributed by atoms with Crippen LogP contribution in [-0.4, -0.2) is 10.9 Å². The van der Waals surface area contributed by atoms with E-state index in [4.69, 9.17) is 11.5 Å². The molecule has 0 atom stereocenters. The molecule has 5 nitrogen and oxygen atoms in total. The number of pyridine rings is 1. The van der Waals surface area contributed by atoms with Crippen LogP contribution in [0, 0.1) is 0 Å². The molecule has 0 spiro atoms. The SMILES string of the molecule is NC(=O)c1cc(Nc2cccc3ccncc23)ccc1N. The van der Waals surface area contributed by atoms with Crippen molar-refractivity contribution in [2.75, 3.05) is 11.1 Å². The number of benzene rings is 2. The van der Waals surface area contributed by atoms with Crippen LogP contribution in [0.15, 0.2) is 54.9 Å². The van der Waals surface area contributed by atoms with E-state index in [-0.39, 0.29) is 0 Å². The van der Waals surface area contributed by atoms with E-state index in [1.54, 1.807) is 30.6 Å². The Morgan fingerprint density at radius 2 is 2.00 bits per heavy atom. The van der Waals surface area contributed by atoms with E-state index in [0.29, 0.717) is 11.3 Å². The lowest BCUT2D eigenvalue weighted by molar-refractivity contribution is 0.100. The van der Waals surface area contributed by atoms with E-state index in [2.05, 4.69) is 10.3 Å². The monoisotopic (exact) mass is 278 g/mol. The molecule has 1 amide bonds. The van der Waals surface area contributed by atoms with Gasteiger partial charge in [0, 0.05) is 34.8 Å². The average molecular weight is 278 g/mol. The molecule has 0 unspecified atom stereocenters. The van der Waals surface area contributed by atoms with E-state index in [9.17, 15) is 4.79 Å². The Morgan fingerprint density at radius 3 is 2.81 bits per heavy atom. The molecule has 0 radical (unpaired) electrons. The third kappa shape index (κ3) is 2.49. The predicted molar refractivity (Wildman–Crippen MR) is 84.4 cm³/mol. The summed E-state index contributed by atoms with van der Waals surface area (Å²) in [5, 5.41) is 5.35. The predicted octanol–water partition coefficient (Wildman–Crippen LogP) is 2.66. The molecule has 0 saturated heterocycles. The summed E-state index contributed by atoms with van der Waals surface area (Å²) in [6.07, 6.45) is 3.55. The first-order chi connectivity index (χ1) is 10.1. The van der Waals surface area contributed by atoms with Crippen molar-refractivity contribution in [3.05, 3.63) is 60.4 Å². The third-order valence-corrected chi connectivity index (χ3v) is 3.28. The number of carbonyl (C=O) groups excluding carboxylic acids is 1. The first-order valence-electron chi connectivity index (χ1n) is 6.44. The van der Waals surface area contributed by atoms with Gasteiger partial charge in [-0.1, -0.05) is 12.1 Å². The number of fused-ring (bicyclic) bond motifs is 1. The molecule has 0 bridgehead atoms. The molecule has 5 heteroatoms. The van der Waals surface area contributed by atoms with E-state index in [1.165, 1.54) is 0 Å². The molecule has 1 aromatic heterocycles. The van der Waals surface area contributed by atoms with Crippen molar-refractivity contribution in [1.82, 2.24) is 4.98 Å². The maximum absolute atomic E-state index is 11.3. The molecule has 0 fully saturated rings. The number of amides is 1. The molecule has 0 aliphatic carbocycles. The van der Waals surface area contributed by atoms with Crippen molar-refractivity contribution in [3.63, 3.8) is 0 Å². The lowest BCUT2D eigenvalue weighted by atomic mass is 10.1. The van der Waals surface area contributed by atoms with E-state index in [0.717, 1.165) is 22.1 Å². The van der Waals surface area contributed by atoms with Gasteiger partial charge < -0.3 is 16.8 Å². The zero-order valence-corrected chi connectivity index (χ0v) is 11.2. The Bertz CT molecular complexity index is 824. The van der Waals surface area contributed by atoms with Gasteiger partial charge in [0.1, 0.15) is 0 Å². The summed E-state index contributed by atoms with van der Waals surface area (Å²) in [6, 6.07) is 13.0. The van der Waals surface area contributed by atoms with Gasteiger partial charge in [-0.2, -0.15) is 0 Å². The van der Waals surface area contributed by atoms with Gasteiger partial charge in [0.25, 0.3) is 5.91 Å². The number of nitrogens with two attached hydrogens (primary N) is 2. The van der Waals surface area contributed by atoms with Crippen LogP contribution in [0.4, 0.5) is 17.1 Å². The summed E-state index contributed by atoms with van der Waals surface area (Å²) in [4.78, 5) is 15.5. The maximum Gasteiger partial charge on any atom is 0.250 e. The van der Waals surface area contributed by atoms with E-state index < -0.39 is 5.91 Å². The Balaban J connectivity index is 2.03. The second-order valence-corrected chi connectivity index (χ2v) is 4.69. The van der Waals surface area contributed by atoms with Gasteiger partial charge in [0.15, 0.2) is 0 Å². The highest BCUT2D eigenvalue weighted by Gasteiger charge is 2.08. The van der Waals surface area contributed by atoms with Crippen LogP contribution in [0.5, 0.6) is 0 Å². The van der Waals surface area contributed by atoms with Crippen LogP contribution >= 0.6 is 0 Å². The van der Waals surface area contributed by atoms with Gasteiger partial charge in [0.05, 0.1) is 5.56 Å². The zero-order chi connectivity index (χ0) is 14.8. The number of primary amides is 1. The fourth-order valence-corrected chi connectivity index (χ4v) is 2.23. The Kier molecular flexibility index (Phi) is 3.16. The van der Waals surface area contributed by atoms with Crippen molar-refractivity contribution in [1.29, 1.82) is 0 Å². The molecule has 0 aliphatic heterocycles. The van der Waals surface area contributed by atoms with Crippen LogP contribution in [0.2, 0.25) is 0 Å². The highest BCUT2D eigenvalue weighted by atomic mass is 16.1. The minimum absolute atomic E-state index is 0.304. The maximum atomic E-state index is 11.3. The number of nitrogens with zero attached hydrogens (tertiary/aromatic N) is 1. The van der Waals surface area contributed by atoms with Crippen molar-refractivity contribution in [2.24, 2.45) is 5.73 Å². The summed E-state index contributed by atoms with van der Waals surface area (Å²) in [5.41, 5.74) is 13.4. The number of anilines is 3. The molecule has 5 N–H and O–H groups in total. The molecule has 0 saturated carbocycles. The lowest BCUT2D eigenvalue weighted by Gasteiger charge is -2.11. The van der Waals surface area contributed by atoms with E-state index >= 15 is 0 Å². The molecular formula is C16H14N4O. The van der Waals surface area contributed by atoms with Gasteiger partial charge >= 0.3 is 0 Å². The molecule has 3 rings (SSSR count). The van der Waals surface area contributed by atoms with Crippen molar-refractivity contribution < 1.29 is 4.79 Å². The molecule has 21 heavy (non-hydrogen) atoms. The summed E-state index contributed by atoms with van der Waals surface area (Å²) < 4.78 is 0. The van der Waals surface area contributed by atoms with Gasteiger partial charge in [-0.3, -0.25) is 9.78 Å². The molecule has 2 aromatic carbocycles. The second kappa shape index (κ2) is 5.13. The van der Waals surface area contributed by atoms with Crippen molar-refractivity contribution in [3.8, 4) is 0 Å². The number of nitrogens with one attached hydrogen (secondary N) is 1. The molecule has 0 aliphatic rings. The fraction of sp³-hybridized carbons (Fsp3) is 0. The molecular weight excluding hydrogens is 264 g/mol. The quantitative estimate of drug-likeness (QED) is 0.642. The number of aromatic nitrogens is 1. The standard InChI is InChI=1S/C16H14N4O/c17-14-5-4-11(8-12(14)16(18)21)20-15-3-1-2-10-6-7-19-9-13(10)15/h1-9,20H,17H2,(H2,18,21). The summed E-state index contributed by atoms with van der Waals surface area (Å²) >= 11 is 0. The van der Waals surface area contributed by atoms with Crippen LogP contribution in [0.3, 0.4) is 0 Å². The summed E-state index contributed by atoms with van der Waals surface area (Å²) in [7, 11) is 0. The van der Waals surface area contributed by atoms with Crippen LogP contribution < -0.4 is 16.8 Å². The number of hydrogen-bond acceptors (Lipinski definition) is 4. The van der Waals surface area contributed by atoms with Crippen molar-refractivity contribution in [2.45, 2.75) is 0 Å². The molecule has 1 heterocycles. The number of hydrogen-bond donors (Lipinski definition) is 3. The third-order valence-electron chi connectivity index (χ3n) is 3.28. The van der Waals surface area contributed by atoms with E-state index in [1.807, 2.05) is 24.3 Å². The Morgan fingerprint density at radius 1 is 1.14 bits per heavy atom. The van der Waals surface area contributed by atoms with Gasteiger partial charge in [0.2, 0.25) is 0 Å². The van der Waals surface area contributed by atoms with Crippen LogP contribution in [-0.2, 0) is 0 Å². The molecule has 3 aromatic rings. The Hall–Kier alpha value is -3.08. The van der Waals surface area contributed by atoms with Crippen LogP contribution in [0.25, 0.3) is 10.8 Å². The highest BCUT2D eigenvalue weighted by Crippen LogP contribution is 2.27. The minimum atomic E-state index is -0.546. The number of rotatable bonds is 3. The second-order valence-electron chi connectivity index (χ2n) is 4.69. The fourth-order valence-electron chi connectivity index (χ4n) is 2.23. The highest BCUT2D eigenvalue weighted by molar-refractivity contribution is 6.00. The zero-order valence-electron chi connectivity index (χ0n) is 11.2. The summed E-state index contributed by atoms with van der Waals surface area (Å²) in [5.74, 6) is -0.546. The first-order valence-corrected chi connectivity index (χ1v) is 6.44. The smallest absolute Gasteiger partial charge is 0.250 e. The minimum Gasteiger partial charge on any atom is -0.398 e. The lowest BCUT2D eigenvalue weighted by Crippen LogP contribution is -2.13. The Labute approximate surface area is 121 Å². The van der Waals surface area contributed by atoms with Gasteiger partial charge in [-0.05, 0) is 35.7 Å². The van der Waals surface area contributed by atoms with Crippen LogP contribution in [0.1, 0.15) is 10.4 Å². The average Bonchev–Trinajstić information content (AvgIpc) is 2.49. The first kappa shape index (κ1) is 12.9. The normalized spacial score (nSPS) is 10.5. The topological polar surface area (TPSA) is 94.0 Å². The number of nitrogen functional groups attached to an aromatic ring is 1. The van der Waals surface area contributed by atoms with Crippen molar-refractivity contribution >= 4 is 33.7 Å². The van der Waals surface area contributed by atoms with Gasteiger partial charge in [-0.15, -0.1) is 0 Å². The summed E-state index contributed by atoms with van der Waals surface area (Å²) in [6.45, 7) is 0. The van der Waals surface area contributed by atoms with Gasteiger partial charge in [-0.25, -0.2) is 0 Å². The number of carbonyl (C=O) groups is 1.